The molecule has 0 saturated heterocycles. The summed E-state index contributed by atoms with van der Waals surface area (Å²) in [5.74, 6) is 0. The van der Waals surface area contributed by atoms with Crippen LogP contribution in [0.4, 0.5) is 0 Å². The van der Waals surface area contributed by atoms with E-state index in [1.54, 1.807) is 6.20 Å². The molecule has 0 N–H and O–H groups in total. The summed E-state index contributed by atoms with van der Waals surface area (Å²) in [4.78, 5) is 4.16. The first-order valence-corrected chi connectivity index (χ1v) is 3.51. The third kappa shape index (κ3) is 0.929. The normalized spacial score (nSPS) is 9.55. The first kappa shape index (κ1) is 6.18. The lowest BCUT2D eigenvalue weighted by molar-refractivity contribution is 1.40. The van der Waals surface area contributed by atoms with Gasteiger partial charge in [0.05, 0.1) is 17.1 Å². The molecule has 1 aromatic heterocycles. The Bertz CT molecular complexity index is 374. The van der Waals surface area contributed by atoms with E-state index in [2.05, 4.69) is 17.1 Å². The Balaban J connectivity index is 2.91. The van der Waals surface area contributed by atoms with Gasteiger partial charge in [0.25, 0.3) is 0 Å². The Hall–Kier alpha value is -1.55. The third-order valence-corrected chi connectivity index (χ3v) is 1.72. The largest absolute Gasteiger partial charge is 0.247 e. The second-order valence-corrected chi connectivity index (χ2v) is 2.50. The van der Waals surface area contributed by atoms with Crippen LogP contribution in [0.5, 0.6) is 0 Å². The number of hydrogen-bond donors (Lipinski definition) is 0. The monoisotopic (exact) mass is 141 g/mol. The molecule has 1 heterocycles. The standard InChI is InChI=1S/C10H7N/c1-8-4-2-6-10-9(8)5-3-7-11-10/h2,4,6-7H,1H3. The third-order valence-electron chi connectivity index (χ3n) is 1.72. The van der Waals surface area contributed by atoms with Gasteiger partial charge in [-0.15, -0.1) is 0 Å². The molecule has 2 aromatic rings. The lowest BCUT2D eigenvalue weighted by Crippen LogP contribution is -1.77. The van der Waals surface area contributed by atoms with Gasteiger partial charge in [-0.2, -0.15) is 0 Å². The van der Waals surface area contributed by atoms with Crippen LogP contribution in [0.1, 0.15) is 5.56 Å². The first-order chi connectivity index (χ1) is 5.38. The topological polar surface area (TPSA) is 12.9 Å². The van der Waals surface area contributed by atoms with Crippen molar-refractivity contribution in [2.75, 3.05) is 0 Å². The minimum Gasteiger partial charge on any atom is -0.247 e. The predicted molar refractivity (Wildman–Crippen MR) is 44.2 cm³/mol. The van der Waals surface area contributed by atoms with Crippen molar-refractivity contribution in [1.82, 2.24) is 4.98 Å². The highest BCUT2D eigenvalue weighted by molar-refractivity contribution is 5.79. The van der Waals surface area contributed by atoms with Gasteiger partial charge in [-0.1, -0.05) is 18.2 Å². The van der Waals surface area contributed by atoms with Gasteiger partial charge in [-0.3, -0.25) is 0 Å². The molecule has 0 unspecified atom stereocenters. The maximum Gasteiger partial charge on any atom is 0.0796 e. The summed E-state index contributed by atoms with van der Waals surface area (Å²) in [6, 6.07) is 11.9. The molecule has 0 aliphatic carbocycles. The number of hydrogen-bond acceptors (Lipinski definition) is 1. The maximum atomic E-state index is 4.16. The Labute approximate surface area is 65.7 Å². The van der Waals surface area contributed by atoms with Crippen molar-refractivity contribution in [1.29, 1.82) is 0 Å². The van der Waals surface area contributed by atoms with Gasteiger partial charge in [0.2, 0.25) is 0 Å². The molecule has 0 spiro atoms. The molecule has 0 atom stereocenters. The van der Waals surface area contributed by atoms with E-state index in [0.29, 0.717) is 0 Å². The van der Waals surface area contributed by atoms with Crippen molar-refractivity contribution in [3.05, 3.63) is 42.1 Å². The lowest BCUT2D eigenvalue weighted by atomic mass is 10.1. The fourth-order valence-electron chi connectivity index (χ4n) is 1.13. The second kappa shape index (κ2) is 2.25. The summed E-state index contributed by atoms with van der Waals surface area (Å²) in [7, 11) is 0. The van der Waals surface area contributed by atoms with Crippen LogP contribution in [0.15, 0.2) is 24.4 Å². The van der Waals surface area contributed by atoms with Crippen LogP contribution >= 0.6 is 0 Å². The minimum absolute atomic E-state index is 0.990. The van der Waals surface area contributed by atoms with Gasteiger partial charge in [-0.05, 0) is 24.6 Å². The molecule has 1 heteroatoms. The molecule has 0 fully saturated rings. The smallest absolute Gasteiger partial charge is 0.0796 e. The van der Waals surface area contributed by atoms with Crippen molar-refractivity contribution < 1.29 is 0 Å². The highest BCUT2D eigenvalue weighted by atomic mass is 14.6. The molecule has 2 rings (SSSR count). The molecule has 0 bridgehead atoms. The molecule has 0 amide bonds. The number of rotatable bonds is 0. The zero-order valence-electron chi connectivity index (χ0n) is 6.26. The molecule has 11 heavy (non-hydrogen) atoms. The number of fused-ring (bicyclic) bond motifs is 1. The Morgan fingerprint density at radius 2 is 2.27 bits per heavy atom. The van der Waals surface area contributed by atoms with Gasteiger partial charge in [0.15, 0.2) is 0 Å². The van der Waals surface area contributed by atoms with E-state index in [-0.39, 0.29) is 0 Å². The number of aryl methyl sites for hydroxylation is 1. The second-order valence-electron chi connectivity index (χ2n) is 2.50. The van der Waals surface area contributed by atoms with Crippen molar-refractivity contribution in [3.8, 4) is 0 Å². The average Bonchev–Trinajstić information content (AvgIpc) is 2.06. The molecule has 0 aliphatic rings. The van der Waals surface area contributed by atoms with E-state index in [9.17, 15) is 0 Å². The van der Waals surface area contributed by atoms with Crippen LogP contribution in [-0.4, -0.2) is 4.98 Å². The summed E-state index contributed by atoms with van der Waals surface area (Å²) in [6.45, 7) is 2.05. The molecule has 1 aromatic carbocycles. The van der Waals surface area contributed by atoms with Gasteiger partial charge in [0.1, 0.15) is 0 Å². The molecule has 0 saturated carbocycles. The van der Waals surface area contributed by atoms with E-state index in [0.717, 1.165) is 10.9 Å². The van der Waals surface area contributed by atoms with E-state index >= 15 is 0 Å². The van der Waals surface area contributed by atoms with E-state index < -0.39 is 0 Å². The highest BCUT2D eigenvalue weighted by Crippen LogP contribution is 2.11. The molecule has 52 valence electrons. The zero-order chi connectivity index (χ0) is 7.68. The predicted octanol–water partition coefficient (Wildman–Crippen LogP) is 2.14. The van der Waals surface area contributed by atoms with Gasteiger partial charge < -0.3 is 0 Å². The number of nitrogens with zero attached hydrogens (tertiary/aromatic N) is 1. The fourth-order valence-corrected chi connectivity index (χ4v) is 1.13. The van der Waals surface area contributed by atoms with Crippen LogP contribution in [0.2, 0.25) is 0 Å². The zero-order valence-corrected chi connectivity index (χ0v) is 6.26. The number of benzene rings is 1. The Morgan fingerprint density at radius 3 is 3.09 bits per heavy atom. The van der Waals surface area contributed by atoms with Crippen LogP contribution in [-0.2, 0) is 0 Å². The fraction of sp³-hybridized carbons (Fsp3) is 0.100. The number of aromatic nitrogens is 1. The average molecular weight is 141 g/mol. The quantitative estimate of drug-likeness (QED) is 0.547. The van der Waals surface area contributed by atoms with E-state index in [4.69, 9.17) is 0 Å². The molecule has 0 aliphatic heterocycles. The summed E-state index contributed by atoms with van der Waals surface area (Å²) in [5.41, 5.74) is 2.19. The summed E-state index contributed by atoms with van der Waals surface area (Å²) in [6.07, 6.45) is 1.64. The molecule has 1 nitrogen and oxygen atoms in total. The van der Waals surface area contributed by atoms with E-state index in [1.807, 2.05) is 25.1 Å². The molecular weight excluding hydrogens is 134 g/mol. The summed E-state index contributed by atoms with van der Waals surface area (Å²) in [5, 5.41) is 1.06. The van der Waals surface area contributed by atoms with Crippen LogP contribution < -0.4 is 0 Å². The highest BCUT2D eigenvalue weighted by Gasteiger charge is 1.92. The minimum atomic E-state index is 0.990. The van der Waals surface area contributed by atoms with Crippen LogP contribution in [0, 0.1) is 19.1 Å². The lowest BCUT2D eigenvalue weighted by Gasteiger charge is -1.94. The van der Waals surface area contributed by atoms with Crippen molar-refractivity contribution >= 4 is 10.9 Å². The van der Waals surface area contributed by atoms with Crippen molar-refractivity contribution in [3.63, 3.8) is 0 Å². The van der Waals surface area contributed by atoms with Gasteiger partial charge in [-0.25, -0.2) is 4.98 Å². The van der Waals surface area contributed by atoms with E-state index in [1.165, 1.54) is 5.56 Å². The summed E-state index contributed by atoms with van der Waals surface area (Å²) >= 11 is 0. The van der Waals surface area contributed by atoms with Gasteiger partial charge in [0, 0.05) is 0 Å². The molecular formula is C10H7N. The van der Waals surface area contributed by atoms with Crippen LogP contribution in [0.25, 0.3) is 10.9 Å². The molecule has 0 radical (unpaired) electrons. The summed E-state index contributed by atoms with van der Waals surface area (Å²) < 4.78 is 0. The van der Waals surface area contributed by atoms with Gasteiger partial charge >= 0.3 is 0 Å². The van der Waals surface area contributed by atoms with Crippen LogP contribution in [0.3, 0.4) is 0 Å². The van der Waals surface area contributed by atoms with Crippen molar-refractivity contribution in [2.45, 2.75) is 6.92 Å². The van der Waals surface area contributed by atoms with Crippen molar-refractivity contribution in [2.24, 2.45) is 0 Å². The SMILES string of the molecule is Cc1cccc2ncc#cc12. The Morgan fingerprint density at radius 1 is 1.36 bits per heavy atom. The Kier molecular flexibility index (Phi) is 1.26. The maximum absolute atomic E-state index is 4.16. The first-order valence-electron chi connectivity index (χ1n) is 3.51.